The number of H-pyrrole nitrogens is 1. The molecule has 0 aliphatic carbocycles. The fraction of sp³-hybridized carbons (Fsp3) is 0.0667. The van der Waals surface area contributed by atoms with Crippen LogP contribution in [0.3, 0.4) is 0 Å². The Morgan fingerprint density at radius 2 is 1.65 bits per heavy atom. The highest BCUT2D eigenvalue weighted by Crippen LogP contribution is 2.23. The lowest BCUT2D eigenvalue weighted by molar-refractivity contribution is 0.787. The summed E-state index contributed by atoms with van der Waals surface area (Å²) in [6.45, 7) is 0. The first-order valence-electron chi connectivity index (χ1n) is 6.52. The summed E-state index contributed by atoms with van der Waals surface area (Å²) in [4.78, 5) is 0. The number of aromatic nitrogens is 4. The van der Waals surface area contributed by atoms with Crippen LogP contribution in [-0.4, -0.2) is 20.0 Å². The van der Waals surface area contributed by atoms with Crippen LogP contribution < -0.4 is 0 Å². The van der Waals surface area contributed by atoms with Gasteiger partial charge in [0.25, 0.3) is 0 Å². The summed E-state index contributed by atoms with van der Waals surface area (Å²) in [6, 6.07) is 11.5. The SMILES string of the molecule is Clc1ccc2c(I)[nH]nc2c1.Cn1nc(I)c2ccc(Cl)cc21. The van der Waals surface area contributed by atoms with E-state index >= 15 is 0 Å². The largest absolute Gasteiger partial charge is 0.271 e. The van der Waals surface area contributed by atoms with Crippen molar-refractivity contribution in [3.63, 3.8) is 0 Å². The summed E-state index contributed by atoms with van der Waals surface area (Å²) in [7, 11) is 1.92. The summed E-state index contributed by atoms with van der Waals surface area (Å²) in [5, 5.41) is 15.0. The molecule has 118 valence electrons. The third kappa shape index (κ3) is 3.75. The van der Waals surface area contributed by atoms with Crippen molar-refractivity contribution in [1.29, 1.82) is 0 Å². The lowest BCUT2D eigenvalue weighted by Crippen LogP contribution is -1.88. The van der Waals surface area contributed by atoms with Gasteiger partial charge in [-0.25, -0.2) is 0 Å². The van der Waals surface area contributed by atoms with Crippen LogP contribution >= 0.6 is 68.4 Å². The van der Waals surface area contributed by atoms with Gasteiger partial charge in [-0.05, 0) is 81.6 Å². The second-order valence-corrected chi connectivity index (χ2v) is 7.75. The first kappa shape index (κ1) is 17.2. The summed E-state index contributed by atoms with van der Waals surface area (Å²) in [6.07, 6.45) is 0. The molecule has 0 unspecified atom stereocenters. The fourth-order valence-electron chi connectivity index (χ4n) is 2.14. The van der Waals surface area contributed by atoms with E-state index in [0.717, 1.165) is 39.3 Å². The molecular weight excluding hydrogens is 561 g/mol. The third-order valence-corrected chi connectivity index (χ3v) is 5.33. The van der Waals surface area contributed by atoms with Crippen molar-refractivity contribution in [1.82, 2.24) is 20.0 Å². The maximum Gasteiger partial charge on any atom is 0.131 e. The minimum Gasteiger partial charge on any atom is -0.271 e. The van der Waals surface area contributed by atoms with Crippen LogP contribution in [0.5, 0.6) is 0 Å². The molecule has 0 fully saturated rings. The molecule has 0 saturated heterocycles. The van der Waals surface area contributed by atoms with E-state index in [-0.39, 0.29) is 0 Å². The highest BCUT2D eigenvalue weighted by atomic mass is 127. The minimum atomic E-state index is 0.723. The molecule has 1 N–H and O–H groups in total. The number of aryl methyl sites for hydroxylation is 1. The van der Waals surface area contributed by atoms with Gasteiger partial charge in [0.2, 0.25) is 0 Å². The molecule has 2 aromatic carbocycles. The molecule has 2 aromatic heterocycles. The van der Waals surface area contributed by atoms with E-state index < -0.39 is 0 Å². The maximum absolute atomic E-state index is 5.86. The fourth-order valence-corrected chi connectivity index (χ4v) is 3.83. The normalized spacial score (nSPS) is 10.8. The number of rotatable bonds is 0. The molecule has 0 bridgehead atoms. The summed E-state index contributed by atoms with van der Waals surface area (Å²) < 4.78 is 3.90. The Kier molecular flexibility index (Phi) is 5.34. The van der Waals surface area contributed by atoms with Gasteiger partial charge in [-0.2, -0.15) is 10.2 Å². The topological polar surface area (TPSA) is 46.5 Å². The number of nitrogens with zero attached hydrogens (tertiary/aromatic N) is 3. The van der Waals surface area contributed by atoms with Crippen LogP contribution in [0.15, 0.2) is 36.4 Å². The molecular formula is C15H10Cl2I2N4. The molecule has 0 aliphatic rings. The number of hydrogen-bond donors (Lipinski definition) is 1. The number of fused-ring (bicyclic) bond motifs is 2. The van der Waals surface area contributed by atoms with Gasteiger partial charge in [0.1, 0.15) is 7.40 Å². The van der Waals surface area contributed by atoms with Crippen molar-refractivity contribution >= 4 is 90.2 Å². The molecule has 0 spiro atoms. The highest BCUT2D eigenvalue weighted by Gasteiger charge is 2.05. The highest BCUT2D eigenvalue weighted by molar-refractivity contribution is 14.1. The summed E-state index contributed by atoms with van der Waals surface area (Å²) >= 11 is 16.0. The molecule has 0 aliphatic heterocycles. The Bertz CT molecular complexity index is 994. The Morgan fingerprint density at radius 1 is 1.00 bits per heavy atom. The molecule has 0 radical (unpaired) electrons. The molecule has 4 nitrogen and oxygen atoms in total. The average molecular weight is 571 g/mol. The molecule has 4 rings (SSSR count). The number of aromatic amines is 1. The summed E-state index contributed by atoms with van der Waals surface area (Å²) in [5.74, 6) is 0. The third-order valence-electron chi connectivity index (χ3n) is 3.24. The standard InChI is InChI=1S/C8H6ClIN2.C7H4ClIN2/c1-12-7-4-5(9)2-3-6(7)8(10)11-12;8-4-1-2-5-6(3-4)10-11-7(5)9/h2-4H,1H3;1-3H,(H,10,11). The van der Waals surface area contributed by atoms with Crippen molar-refractivity contribution in [3.8, 4) is 0 Å². The quantitative estimate of drug-likeness (QED) is 0.278. The Labute approximate surface area is 169 Å². The zero-order valence-electron chi connectivity index (χ0n) is 11.8. The van der Waals surface area contributed by atoms with E-state index in [0.29, 0.717) is 0 Å². The lowest BCUT2D eigenvalue weighted by atomic mass is 10.3. The van der Waals surface area contributed by atoms with Gasteiger partial charge in [-0.15, -0.1) is 0 Å². The smallest absolute Gasteiger partial charge is 0.131 e. The Balaban J connectivity index is 0.000000136. The molecule has 0 atom stereocenters. The van der Waals surface area contributed by atoms with Gasteiger partial charge in [-0.3, -0.25) is 9.78 Å². The molecule has 0 saturated carbocycles. The molecule has 8 heteroatoms. The van der Waals surface area contributed by atoms with Crippen LogP contribution in [-0.2, 0) is 7.05 Å². The van der Waals surface area contributed by atoms with Crippen molar-refractivity contribution in [2.75, 3.05) is 0 Å². The van der Waals surface area contributed by atoms with Crippen LogP contribution in [0.2, 0.25) is 10.0 Å². The zero-order valence-corrected chi connectivity index (χ0v) is 17.6. The van der Waals surface area contributed by atoms with Gasteiger partial charge in [-0.1, -0.05) is 23.2 Å². The predicted octanol–water partition coefficient (Wildman–Crippen LogP) is 5.65. The molecule has 0 amide bonds. The zero-order chi connectivity index (χ0) is 16.6. The average Bonchev–Trinajstić information content (AvgIpc) is 3.00. The number of benzene rings is 2. The van der Waals surface area contributed by atoms with Crippen LogP contribution in [0.25, 0.3) is 21.8 Å². The monoisotopic (exact) mass is 570 g/mol. The lowest BCUT2D eigenvalue weighted by Gasteiger charge is -1.93. The van der Waals surface area contributed by atoms with Gasteiger partial charge >= 0.3 is 0 Å². The Hall–Kier alpha value is -0.580. The number of nitrogens with one attached hydrogen (secondary N) is 1. The van der Waals surface area contributed by atoms with E-state index in [1.807, 2.05) is 48.1 Å². The Morgan fingerprint density at radius 3 is 2.39 bits per heavy atom. The van der Waals surface area contributed by atoms with Crippen molar-refractivity contribution in [3.05, 3.63) is 53.8 Å². The molecule has 23 heavy (non-hydrogen) atoms. The molecule has 2 heterocycles. The first-order chi connectivity index (χ1) is 11.0. The van der Waals surface area contributed by atoms with Gasteiger partial charge in [0, 0.05) is 27.9 Å². The second-order valence-electron chi connectivity index (χ2n) is 4.77. The van der Waals surface area contributed by atoms with Crippen molar-refractivity contribution in [2.24, 2.45) is 7.05 Å². The maximum atomic E-state index is 5.86. The van der Waals surface area contributed by atoms with E-state index in [1.54, 1.807) is 0 Å². The van der Waals surface area contributed by atoms with Crippen molar-refractivity contribution in [2.45, 2.75) is 0 Å². The predicted molar refractivity (Wildman–Crippen MR) is 112 cm³/mol. The second kappa shape index (κ2) is 7.12. The number of hydrogen-bond acceptors (Lipinski definition) is 2. The van der Waals surface area contributed by atoms with Gasteiger partial charge in [0.05, 0.1) is 11.0 Å². The molecule has 4 aromatic rings. The van der Waals surface area contributed by atoms with E-state index in [1.165, 1.54) is 0 Å². The minimum absolute atomic E-state index is 0.723. The van der Waals surface area contributed by atoms with Crippen molar-refractivity contribution < 1.29 is 0 Å². The van der Waals surface area contributed by atoms with Crippen LogP contribution in [0, 0.1) is 7.40 Å². The van der Waals surface area contributed by atoms with Gasteiger partial charge < -0.3 is 0 Å². The van der Waals surface area contributed by atoms with Crippen LogP contribution in [0.4, 0.5) is 0 Å². The van der Waals surface area contributed by atoms with E-state index in [2.05, 4.69) is 60.5 Å². The van der Waals surface area contributed by atoms with E-state index in [4.69, 9.17) is 23.2 Å². The van der Waals surface area contributed by atoms with Crippen LogP contribution in [0.1, 0.15) is 0 Å². The summed E-state index contributed by atoms with van der Waals surface area (Å²) in [5.41, 5.74) is 1.99. The van der Waals surface area contributed by atoms with E-state index in [9.17, 15) is 0 Å². The van der Waals surface area contributed by atoms with Gasteiger partial charge in [0.15, 0.2) is 0 Å². The first-order valence-corrected chi connectivity index (χ1v) is 9.44. The number of halogens is 4.